The molecule has 2 aromatic carbocycles. The van der Waals surface area contributed by atoms with Crippen molar-refractivity contribution < 1.29 is 19.1 Å². The molecule has 0 bridgehead atoms. The molecule has 1 saturated heterocycles. The lowest BCUT2D eigenvalue weighted by Gasteiger charge is -2.10. The summed E-state index contributed by atoms with van der Waals surface area (Å²) in [5.74, 6) is -0.502. The molecule has 1 aliphatic heterocycles. The number of amides is 4. The number of carbonyl (C=O) groups excluding carboxylic acids is 3. The molecule has 0 saturated carbocycles. The minimum Gasteiger partial charge on any atom is -0.431 e. The Balaban J connectivity index is 1.62. The molecule has 1 fully saturated rings. The number of para-hydroxylation sites is 1. The number of benzene rings is 2. The lowest BCUT2D eigenvalue weighted by atomic mass is 10.1. The number of hydrogen-bond donors (Lipinski definition) is 3. The van der Waals surface area contributed by atoms with Gasteiger partial charge in [-0.1, -0.05) is 30.3 Å². The van der Waals surface area contributed by atoms with E-state index < -0.39 is 18.1 Å². The highest BCUT2D eigenvalue weighted by atomic mass is 16.6. The van der Waals surface area contributed by atoms with Crippen LogP contribution in [0.1, 0.15) is 11.7 Å². The maximum absolute atomic E-state index is 11.9. The van der Waals surface area contributed by atoms with Crippen LogP contribution in [-0.2, 0) is 9.53 Å². The molecule has 1 aliphatic rings. The highest BCUT2D eigenvalue weighted by Gasteiger charge is 2.33. The van der Waals surface area contributed by atoms with Gasteiger partial charge in [-0.15, -0.1) is 0 Å². The number of ether oxygens (including phenoxy) is 1. The summed E-state index contributed by atoms with van der Waals surface area (Å²) < 4.78 is 4.86. The Morgan fingerprint density at radius 3 is 2.09 bits per heavy atom. The van der Waals surface area contributed by atoms with Gasteiger partial charge >= 0.3 is 12.1 Å². The smallest absolute Gasteiger partial charge is 0.415 e. The quantitative estimate of drug-likeness (QED) is 0.812. The van der Waals surface area contributed by atoms with Crippen LogP contribution in [0.3, 0.4) is 0 Å². The van der Waals surface area contributed by atoms with Crippen molar-refractivity contribution >= 4 is 29.4 Å². The zero-order valence-electron chi connectivity index (χ0n) is 11.9. The minimum atomic E-state index is -0.949. The number of nitrogens with one attached hydrogen (secondary N) is 3. The molecule has 116 valence electrons. The molecule has 1 unspecified atom stereocenters. The molecule has 0 radical (unpaired) electrons. The van der Waals surface area contributed by atoms with Crippen molar-refractivity contribution in [2.75, 3.05) is 10.6 Å². The van der Waals surface area contributed by atoms with Crippen LogP contribution in [0.15, 0.2) is 54.6 Å². The molecule has 23 heavy (non-hydrogen) atoms. The summed E-state index contributed by atoms with van der Waals surface area (Å²) >= 11 is 0. The first kappa shape index (κ1) is 14.6. The number of carbonyl (C=O) groups is 3. The molecule has 7 heteroatoms. The molecule has 2 aromatic rings. The Morgan fingerprint density at radius 1 is 0.913 bits per heavy atom. The molecule has 0 aromatic heterocycles. The van der Waals surface area contributed by atoms with E-state index in [0.29, 0.717) is 16.9 Å². The number of urea groups is 1. The molecule has 7 nitrogen and oxygen atoms in total. The fourth-order valence-corrected chi connectivity index (χ4v) is 2.13. The summed E-state index contributed by atoms with van der Waals surface area (Å²) in [5.41, 5.74) is 1.76. The first-order chi connectivity index (χ1) is 11.1. The molecule has 0 spiro atoms. The lowest BCUT2D eigenvalue weighted by Crippen LogP contribution is -2.20. The van der Waals surface area contributed by atoms with Gasteiger partial charge in [-0.2, -0.15) is 0 Å². The second kappa shape index (κ2) is 6.18. The van der Waals surface area contributed by atoms with Gasteiger partial charge in [0.1, 0.15) is 0 Å². The average molecular weight is 311 g/mol. The maximum atomic E-state index is 11.9. The number of alkyl carbamates (subject to hydrolysis) is 1. The Morgan fingerprint density at radius 2 is 1.52 bits per heavy atom. The van der Waals surface area contributed by atoms with Crippen molar-refractivity contribution in [1.82, 2.24) is 5.32 Å². The van der Waals surface area contributed by atoms with Crippen molar-refractivity contribution in [3.63, 3.8) is 0 Å². The van der Waals surface area contributed by atoms with E-state index in [1.54, 1.807) is 36.4 Å². The van der Waals surface area contributed by atoms with Crippen LogP contribution in [0.2, 0.25) is 0 Å². The maximum Gasteiger partial charge on any atom is 0.415 e. The number of cyclic esters (lactones) is 1. The van der Waals surface area contributed by atoms with Gasteiger partial charge in [0, 0.05) is 16.9 Å². The third-order valence-corrected chi connectivity index (χ3v) is 3.19. The monoisotopic (exact) mass is 311 g/mol. The number of imide groups is 1. The summed E-state index contributed by atoms with van der Waals surface area (Å²) in [4.78, 5) is 34.4. The standard InChI is InChI=1S/C16H13N3O4/c20-14-13(23-16(22)19-14)10-6-8-12(9-7-10)18-15(21)17-11-4-2-1-3-5-11/h1-9,13H,(H2,17,18,21)(H,19,20,22). The van der Waals surface area contributed by atoms with Crippen molar-refractivity contribution in [3.05, 3.63) is 60.2 Å². The van der Waals surface area contributed by atoms with E-state index in [2.05, 4.69) is 16.0 Å². The Labute approximate surface area is 131 Å². The highest BCUT2D eigenvalue weighted by Crippen LogP contribution is 2.23. The summed E-state index contributed by atoms with van der Waals surface area (Å²) in [6.07, 6.45) is -1.71. The summed E-state index contributed by atoms with van der Waals surface area (Å²) in [7, 11) is 0. The first-order valence-corrected chi connectivity index (χ1v) is 6.86. The SMILES string of the molecule is O=C(Nc1ccccc1)Nc1ccc(C2OC(=O)NC2=O)cc1. The van der Waals surface area contributed by atoms with Crippen molar-refractivity contribution in [3.8, 4) is 0 Å². The van der Waals surface area contributed by atoms with Crippen molar-refractivity contribution in [2.24, 2.45) is 0 Å². The van der Waals surface area contributed by atoms with E-state index in [0.717, 1.165) is 0 Å². The van der Waals surface area contributed by atoms with Gasteiger partial charge in [0.05, 0.1) is 0 Å². The molecular weight excluding hydrogens is 298 g/mol. The van der Waals surface area contributed by atoms with E-state index >= 15 is 0 Å². The minimum absolute atomic E-state index is 0.381. The second-order valence-corrected chi connectivity index (χ2v) is 4.84. The number of hydrogen-bond acceptors (Lipinski definition) is 4. The fourth-order valence-electron chi connectivity index (χ4n) is 2.13. The van der Waals surface area contributed by atoms with Gasteiger partial charge in [0.2, 0.25) is 6.10 Å². The summed E-state index contributed by atoms with van der Waals surface area (Å²) in [6, 6.07) is 15.1. The van der Waals surface area contributed by atoms with Crippen LogP contribution in [-0.4, -0.2) is 18.0 Å². The van der Waals surface area contributed by atoms with Crippen LogP contribution >= 0.6 is 0 Å². The van der Waals surface area contributed by atoms with E-state index in [9.17, 15) is 14.4 Å². The van der Waals surface area contributed by atoms with Gasteiger partial charge in [0.15, 0.2) is 0 Å². The number of anilines is 2. The molecule has 1 atom stereocenters. The zero-order valence-corrected chi connectivity index (χ0v) is 11.9. The van der Waals surface area contributed by atoms with E-state index in [-0.39, 0.29) is 6.03 Å². The topological polar surface area (TPSA) is 96.5 Å². The fraction of sp³-hybridized carbons (Fsp3) is 0.0625. The van der Waals surface area contributed by atoms with Crippen LogP contribution in [0.25, 0.3) is 0 Å². The van der Waals surface area contributed by atoms with Crippen LogP contribution < -0.4 is 16.0 Å². The highest BCUT2D eigenvalue weighted by molar-refractivity contribution is 6.01. The molecule has 3 rings (SSSR count). The molecule has 3 N–H and O–H groups in total. The van der Waals surface area contributed by atoms with Gasteiger partial charge < -0.3 is 15.4 Å². The van der Waals surface area contributed by atoms with Crippen molar-refractivity contribution in [1.29, 1.82) is 0 Å². The normalized spacial score (nSPS) is 16.4. The lowest BCUT2D eigenvalue weighted by molar-refractivity contribution is -0.123. The average Bonchev–Trinajstić information content (AvgIpc) is 2.87. The third kappa shape index (κ3) is 3.46. The Kier molecular flexibility index (Phi) is 3.92. The predicted molar refractivity (Wildman–Crippen MR) is 82.9 cm³/mol. The summed E-state index contributed by atoms with van der Waals surface area (Å²) in [5, 5.41) is 7.42. The van der Waals surface area contributed by atoms with Gasteiger partial charge in [-0.3, -0.25) is 10.1 Å². The second-order valence-electron chi connectivity index (χ2n) is 4.84. The van der Waals surface area contributed by atoms with Crippen LogP contribution in [0.4, 0.5) is 21.0 Å². The van der Waals surface area contributed by atoms with E-state index in [1.165, 1.54) is 0 Å². The molecular formula is C16H13N3O4. The zero-order chi connectivity index (χ0) is 16.2. The third-order valence-electron chi connectivity index (χ3n) is 3.19. The van der Waals surface area contributed by atoms with Gasteiger partial charge in [-0.25, -0.2) is 9.59 Å². The predicted octanol–water partition coefficient (Wildman–Crippen LogP) is 2.64. The summed E-state index contributed by atoms with van der Waals surface area (Å²) in [6.45, 7) is 0. The Hall–Kier alpha value is -3.35. The largest absolute Gasteiger partial charge is 0.431 e. The first-order valence-electron chi connectivity index (χ1n) is 6.86. The van der Waals surface area contributed by atoms with E-state index in [4.69, 9.17) is 4.74 Å². The molecule has 1 heterocycles. The van der Waals surface area contributed by atoms with Gasteiger partial charge in [-0.05, 0) is 24.3 Å². The van der Waals surface area contributed by atoms with Crippen molar-refractivity contribution in [2.45, 2.75) is 6.10 Å². The van der Waals surface area contributed by atoms with E-state index in [1.807, 2.05) is 18.2 Å². The Bertz CT molecular complexity index is 744. The van der Waals surface area contributed by atoms with Crippen LogP contribution in [0, 0.1) is 0 Å². The molecule has 0 aliphatic carbocycles. The molecule has 4 amide bonds. The number of rotatable bonds is 3. The van der Waals surface area contributed by atoms with Crippen LogP contribution in [0.5, 0.6) is 0 Å². The van der Waals surface area contributed by atoms with Gasteiger partial charge in [0.25, 0.3) is 5.91 Å².